The Bertz CT molecular complexity index is 459. The van der Waals surface area contributed by atoms with Crippen molar-refractivity contribution in [2.75, 3.05) is 21.3 Å². The van der Waals surface area contributed by atoms with Crippen LogP contribution in [-0.4, -0.2) is 32.4 Å². The molecule has 19 heavy (non-hydrogen) atoms. The first-order valence-corrected chi connectivity index (χ1v) is 5.62. The van der Waals surface area contributed by atoms with E-state index in [0.717, 1.165) is 7.11 Å². The van der Waals surface area contributed by atoms with Crippen LogP contribution in [0.3, 0.4) is 0 Å². The quantitative estimate of drug-likeness (QED) is 0.830. The molecule has 0 saturated carbocycles. The second-order valence-electron chi connectivity index (χ2n) is 3.88. The van der Waals surface area contributed by atoms with Gasteiger partial charge in [-0.15, -0.1) is 0 Å². The molecule has 2 unspecified atom stereocenters. The summed E-state index contributed by atoms with van der Waals surface area (Å²) in [4.78, 5) is 11.4. The summed E-state index contributed by atoms with van der Waals surface area (Å²) in [7, 11) is 3.93. The van der Waals surface area contributed by atoms with Crippen LogP contribution in [0.4, 0.5) is 4.39 Å². The van der Waals surface area contributed by atoms with Gasteiger partial charge >= 0.3 is 5.97 Å². The van der Waals surface area contributed by atoms with Crippen LogP contribution in [0.2, 0.25) is 0 Å². The Hall–Kier alpha value is -1.82. The van der Waals surface area contributed by atoms with Crippen molar-refractivity contribution in [1.29, 1.82) is 0 Å². The van der Waals surface area contributed by atoms with Crippen molar-refractivity contribution in [3.05, 3.63) is 23.3 Å². The molecule has 0 bridgehead atoms. The van der Waals surface area contributed by atoms with Crippen molar-refractivity contribution in [1.82, 2.24) is 0 Å². The van der Waals surface area contributed by atoms with Crippen molar-refractivity contribution >= 4 is 5.97 Å². The third kappa shape index (κ3) is 3.14. The van der Waals surface area contributed by atoms with E-state index in [0.29, 0.717) is 0 Å². The number of ether oxygens (including phenoxy) is 3. The van der Waals surface area contributed by atoms with Crippen LogP contribution >= 0.6 is 0 Å². The van der Waals surface area contributed by atoms with E-state index < -0.39 is 18.2 Å². The fraction of sp³-hybridized carbons (Fsp3) is 0.462. The van der Waals surface area contributed by atoms with Gasteiger partial charge in [-0.1, -0.05) is 0 Å². The molecule has 0 heterocycles. The molecule has 0 aromatic heterocycles. The first kappa shape index (κ1) is 15.2. The van der Waals surface area contributed by atoms with Gasteiger partial charge in [-0.25, -0.2) is 9.18 Å². The van der Waals surface area contributed by atoms with E-state index in [-0.39, 0.29) is 22.6 Å². The molecule has 106 valence electrons. The van der Waals surface area contributed by atoms with Crippen molar-refractivity contribution in [2.45, 2.75) is 19.2 Å². The predicted molar refractivity (Wildman–Crippen MR) is 66.0 cm³/mol. The molecule has 0 radical (unpaired) electrons. The number of carbonyl (C=O) groups is 1. The third-order valence-electron chi connectivity index (χ3n) is 2.73. The SMILES string of the molecule is COC(=O)C(O)c1cc(C(C)F)c(OC)cc1OC. The minimum absolute atomic E-state index is 0.134. The summed E-state index contributed by atoms with van der Waals surface area (Å²) in [6, 6.07) is 2.76. The Morgan fingerprint density at radius 1 is 1.16 bits per heavy atom. The van der Waals surface area contributed by atoms with Crippen molar-refractivity contribution in [3.63, 3.8) is 0 Å². The fourth-order valence-electron chi connectivity index (χ4n) is 1.71. The van der Waals surface area contributed by atoms with Crippen LogP contribution < -0.4 is 9.47 Å². The van der Waals surface area contributed by atoms with Gasteiger partial charge in [-0.2, -0.15) is 0 Å². The van der Waals surface area contributed by atoms with Crippen molar-refractivity contribution in [3.8, 4) is 11.5 Å². The second-order valence-corrected chi connectivity index (χ2v) is 3.88. The molecule has 1 N–H and O–H groups in total. The Labute approximate surface area is 110 Å². The smallest absolute Gasteiger partial charge is 0.339 e. The van der Waals surface area contributed by atoms with Crippen LogP contribution in [0.5, 0.6) is 11.5 Å². The molecule has 0 fully saturated rings. The molecule has 0 spiro atoms. The highest BCUT2D eigenvalue weighted by molar-refractivity contribution is 5.77. The van der Waals surface area contributed by atoms with E-state index in [4.69, 9.17) is 9.47 Å². The minimum atomic E-state index is -1.54. The van der Waals surface area contributed by atoms with Crippen molar-refractivity contribution in [2.24, 2.45) is 0 Å². The fourth-order valence-corrected chi connectivity index (χ4v) is 1.71. The van der Waals surface area contributed by atoms with Gasteiger partial charge in [0.05, 0.1) is 21.3 Å². The highest BCUT2D eigenvalue weighted by Gasteiger charge is 2.25. The zero-order chi connectivity index (χ0) is 14.6. The number of esters is 1. The number of carbonyl (C=O) groups excluding carboxylic acids is 1. The number of rotatable bonds is 5. The highest BCUT2D eigenvalue weighted by atomic mass is 19.1. The van der Waals surface area contributed by atoms with Crippen LogP contribution in [0, 0.1) is 0 Å². The molecular formula is C13H17FO5. The van der Waals surface area contributed by atoms with Gasteiger partial charge in [0, 0.05) is 17.2 Å². The highest BCUT2D eigenvalue weighted by Crippen LogP contribution is 2.37. The molecule has 2 atom stereocenters. The maximum atomic E-state index is 13.5. The summed E-state index contributed by atoms with van der Waals surface area (Å²) in [6.45, 7) is 1.33. The van der Waals surface area contributed by atoms with Gasteiger partial charge in [-0.05, 0) is 13.0 Å². The summed E-state index contributed by atoms with van der Waals surface area (Å²) in [5.41, 5.74) is 0.357. The van der Waals surface area contributed by atoms with Gasteiger partial charge < -0.3 is 19.3 Å². The van der Waals surface area contributed by atoms with Gasteiger partial charge in [0.15, 0.2) is 6.10 Å². The summed E-state index contributed by atoms with van der Waals surface area (Å²) in [5, 5.41) is 9.85. The maximum Gasteiger partial charge on any atom is 0.339 e. The van der Waals surface area contributed by atoms with Crippen molar-refractivity contribution < 1.29 is 28.5 Å². The number of hydrogen-bond acceptors (Lipinski definition) is 5. The molecular weight excluding hydrogens is 255 g/mol. The number of aliphatic hydroxyl groups excluding tert-OH is 1. The molecule has 0 saturated heterocycles. The lowest BCUT2D eigenvalue weighted by Crippen LogP contribution is -2.15. The average Bonchev–Trinajstić information content (AvgIpc) is 2.43. The lowest BCUT2D eigenvalue weighted by molar-refractivity contribution is -0.150. The third-order valence-corrected chi connectivity index (χ3v) is 2.73. The summed E-state index contributed by atoms with van der Waals surface area (Å²) in [6.07, 6.45) is -2.85. The maximum absolute atomic E-state index is 13.5. The van der Waals surface area contributed by atoms with E-state index in [2.05, 4.69) is 4.74 Å². The van der Waals surface area contributed by atoms with Gasteiger partial charge in [0.25, 0.3) is 0 Å². The van der Waals surface area contributed by atoms with Crippen LogP contribution in [0.1, 0.15) is 30.3 Å². The largest absolute Gasteiger partial charge is 0.496 e. The van der Waals surface area contributed by atoms with E-state index in [9.17, 15) is 14.3 Å². The normalized spacial score (nSPS) is 13.6. The summed E-state index contributed by atoms with van der Waals surface area (Å²) >= 11 is 0. The van der Waals surface area contributed by atoms with E-state index in [1.165, 1.54) is 33.3 Å². The van der Waals surface area contributed by atoms with Gasteiger partial charge in [-0.3, -0.25) is 0 Å². The molecule has 5 nitrogen and oxygen atoms in total. The lowest BCUT2D eigenvalue weighted by atomic mass is 10.0. The van der Waals surface area contributed by atoms with E-state index in [1.807, 2.05) is 0 Å². The number of halogens is 1. The summed E-state index contributed by atoms with van der Waals surface area (Å²) in [5.74, 6) is -0.340. The number of hydrogen-bond donors (Lipinski definition) is 1. The predicted octanol–water partition coefficient (Wildman–Crippen LogP) is 1.94. The number of benzene rings is 1. The first-order chi connectivity index (χ1) is 8.96. The standard InChI is InChI=1S/C13H17FO5/c1-7(14)8-5-9(12(15)13(16)19-4)11(18-3)6-10(8)17-2/h5-7,12,15H,1-4H3. The Balaban J connectivity index is 3.37. The zero-order valence-corrected chi connectivity index (χ0v) is 11.3. The number of alkyl halides is 1. The molecule has 1 aromatic carbocycles. The molecule has 1 rings (SSSR count). The Morgan fingerprint density at radius 2 is 1.68 bits per heavy atom. The molecule has 0 aliphatic heterocycles. The van der Waals surface area contributed by atoms with Crippen LogP contribution in [0.25, 0.3) is 0 Å². The van der Waals surface area contributed by atoms with E-state index in [1.54, 1.807) is 0 Å². The average molecular weight is 272 g/mol. The molecule has 0 aliphatic rings. The van der Waals surface area contributed by atoms with Crippen LogP contribution in [-0.2, 0) is 9.53 Å². The number of methoxy groups -OCH3 is 3. The minimum Gasteiger partial charge on any atom is -0.496 e. The molecule has 1 aromatic rings. The first-order valence-electron chi connectivity index (χ1n) is 5.62. The molecule has 0 aliphatic carbocycles. The molecule has 0 amide bonds. The topological polar surface area (TPSA) is 65.0 Å². The van der Waals surface area contributed by atoms with Gasteiger partial charge in [0.2, 0.25) is 0 Å². The molecule has 6 heteroatoms. The second kappa shape index (κ2) is 6.38. The monoisotopic (exact) mass is 272 g/mol. The van der Waals surface area contributed by atoms with Gasteiger partial charge in [0.1, 0.15) is 17.7 Å². The van der Waals surface area contributed by atoms with Crippen LogP contribution in [0.15, 0.2) is 12.1 Å². The summed E-state index contributed by atoms with van der Waals surface area (Å²) < 4.78 is 28.1. The lowest BCUT2D eigenvalue weighted by Gasteiger charge is -2.17. The number of aliphatic hydroxyl groups is 1. The Morgan fingerprint density at radius 3 is 2.11 bits per heavy atom. The zero-order valence-electron chi connectivity index (χ0n) is 11.3. The Kier molecular flexibility index (Phi) is 5.11. The van der Waals surface area contributed by atoms with E-state index >= 15 is 0 Å².